The Bertz CT molecular complexity index is 523. The Morgan fingerprint density at radius 2 is 1.50 bits per heavy atom. The van der Waals surface area contributed by atoms with E-state index in [4.69, 9.17) is 0 Å². The lowest BCUT2D eigenvalue weighted by atomic mass is 10.1. The fourth-order valence-corrected chi connectivity index (χ4v) is 2.61. The summed E-state index contributed by atoms with van der Waals surface area (Å²) in [7, 11) is 0. The Kier molecular flexibility index (Phi) is 3.79. The van der Waals surface area contributed by atoms with Crippen LogP contribution in [0.4, 0.5) is 11.4 Å². The third-order valence-corrected chi connectivity index (χ3v) is 3.61. The largest absolute Gasteiger partial charge is 0.306 e. The van der Waals surface area contributed by atoms with Gasteiger partial charge in [0, 0.05) is 11.4 Å². The van der Waals surface area contributed by atoms with Gasteiger partial charge in [0.05, 0.1) is 6.04 Å². The Labute approximate surface area is 119 Å². The van der Waals surface area contributed by atoms with Crippen molar-refractivity contribution in [2.45, 2.75) is 18.9 Å². The van der Waals surface area contributed by atoms with Crippen molar-refractivity contribution in [1.82, 2.24) is 5.32 Å². The summed E-state index contributed by atoms with van der Waals surface area (Å²) in [4.78, 5) is 14.6. The van der Waals surface area contributed by atoms with Gasteiger partial charge in [-0.3, -0.25) is 9.69 Å². The molecule has 1 N–H and O–H groups in total. The average molecular weight is 266 g/mol. The van der Waals surface area contributed by atoms with E-state index < -0.39 is 0 Å². The van der Waals surface area contributed by atoms with Gasteiger partial charge in [-0.15, -0.1) is 0 Å². The average Bonchev–Trinajstić information content (AvgIpc) is 3.04. The number of nitrogens with zero attached hydrogens (tertiary/aromatic N) is 1. The van der Waals surface area contributed by atoms with E-state index >= 15 is 0 Å². The van der Waals surface area contributed by atoms with Crippen molar-refractivity contribution in [1.29, 1.82) is 0 Å². The highest BCUT2D eigenvalue weighted by Gasteiger charge is 2.28. The van der Waals surface area contributed by atoms with Crippen LogP contribution >= 0.6 is 0 Å². The number of anilines is 2. The van der Waals surface area contributed by atoms with Crippen LogP contribution in [0.5, 0.6) is 0 Å². The number of hydrogen-bond donors (Lipinski definition) is 1. The minimum Gasteiger partial charge on any atom is -0.306 e. The van der Waals surface area contributed by atoms with E-state index in [1.54, 1.807) is 0 Å². The molecule has 1 saturated heterocycles. The van der Waals surface area contributed by atoms with Gasteiger partial charge in [0.15, 0.2) is 0 Å². The zero-order chi connectivity index (χ0) is 13.8. The summed E-state index contributed by atoms with van der Waals surface area (Å²) >= 11 is 0. The van der Waals surface area contributed by atoms with Gasteiger partial charge < -0.3 is 5.32 Å². The van der Waals surface area contributed by atoms with Crippen molar-refractivity contribution in [3.63, 3.8) is 0 Å². The van der Waals surface area contributed by atoms with E-state index in [0.29, 0.717) is 0 Å². The van der Waals surface area contributed by atoms with Crippen LogP contribution < -0.4 is 10.2 Å². The van der Waals surface area contributed by atoms with Gasteiger partial charge >= 0.3 is 0 Å². The first kappa shape index (κ1) is 12.9. The highest BCUT2D eigenvalue weighted by Crippen LogP contribution is 2.27. The van der Waals surface area contributed by atoms with Crippen LogP contribution in [0.3, 0.4) is 0 Å². The molecule has 0 bridgehead atoms. The zero-order valence-corrected chi connectivity index (χ0v) is 11.3. The quantitative estimate of drug-likeness (QED) is 0.925. The number of amides is 1. The lowest BCUT2D eigenvalue weighted by molar-refractivity contribution is -0.119. The van der Waals surface area contributed by atoms with E-state index in [2.05, 4.69) is 5.32 Å². The molecule has 0 aliphatic carbocycles. The third kappa shape index (κ3) is 2.58. The van der Waals surface area contributed by atoms with E-state index in [0.717, 1.165) is 30.8 Å². The summed E-state index contributed by atoms with van der Waals surface area (Å²) in [6.45, 7) is 0.924. The van der Waals surface area contributed by atoms with Crippen molar-refractivity contribution in [3.8, 4) is 0 Å². The molecule has 0 spiro atoms. The van der Waals surface area contributed by atoms with Crippen molar-refractivity contribution < 1.29 is 4.79 Å². The minimum absolute atomic E-state index is 0.0737. The molecule has 2 aromatic carbocycles. The lowest BCUT2D eigenvalue weighted by Gasteiger charge is -2.26. The number of para-hydroxylation sites is 2. The molecule has 102 valence electrons. The van der Waals surface area contributed by atoms with Gasteiger partial charge in [-0.1, -0.05) is 36.4 Å². The molecule has 1 heterocycles. The van der Waals surface area contributed by atoms with E-state index in [-0.39, 0.29) is 11.9 Å². The first-order chi connectivity index (χ1) is 9.86. The second-order valence-corrected chi connectivity index (χ2v) is 4.99. The lowest BCUT2D eigenvalue weighted by Crippen LogP contribution is -2.41. The summed E-state index contributed by atoms with van der Waals surface area (Å²) < 4.78 is 0. The molecule has 0 radical (unpaired) electrons. The predicted molar refractivity (Wildman–Crippen MR) is 81.1 cm³/mol. The normalized spacial score (nSPS) is 17.9. The molecular weight excluding hydrogens is 248 g/mol. The predicted octanol–water partition coefficient (Wildman–Crippen LogP) is 3.10. The van der Waals surface area contributed by atoms with Gasteiger partial charge in [-0.05, 0) is 43.7 Å². The molecule has 1 fully saturated rings. The molecule has 1 aliphatic rings. The minimum atomic E-state index is -0.0737. The Morgan fingerprint density at radius 3 is 1.95 bits per heavy atom. The number of nitrogens with one attached hydrogen (secondary N) is 1. The number of carbonyl (C=O) groups excluding carboxylic acids is 1. The van der Waals surface area contributed by atoms with E-state index in [1.165, 1.54) is 0 Å². The molecular formula is C17H18N2O. The van der Waals surface area contributed by atoms with E-state index in [1.807, 2.05) is 65.6 Å². The smallest absolute Gasteiger partial charge is 0.248 e. The molecule has 3 nitrogen and oxygen atoms in total. The van der Waals surface area contributed by atoms with Crippen molar-refractivity contribution in [2.75, 3.05) is 11.4 Å². The maximum absolute atomic E-state index is 12.8. The van der Waals surface area contributed by atoms with Crippen LogP contribution in [-0.2, 0) is 4.79 Å². The maximum Gasteiger partial charge on any atom is 0.248 e. The highest BCUT2D eigenvalue weighted by molar-refractivity contribution is 6.03. The molecule has 2 aromatic rings. The van der Waals surface area contributed by atoms with Crippen LogP contribution in [0, 0.1) is 0 Å². The molecule has 3 rings (SSSR count). The Morgan fingerprint density at radius 1 is 0.950 bits per heavy atom. The fourth-order valence-electron chi connectivity index (χ4n) is 2.61. The topological polar surface area (TPSA) is 32.3 Å². The summed E-state index contributed by atoms with van der Waals surface area (Å²) in [5.74, 6) is 0.125. The van der Waals surface area contributed by atoms with Crippen LogP contribution in [0.25, 0.3) is 0 Å². The molecule has 0 saturated carbocycles. The summed E-state index contributed by atoms with van der Waals surface area (Å²) in [6.07, 6.45) is 1.98. The number of carbonyl (C=O) groups is 1. The molecule has 20 heavy (non-hydrogen) atoms. The fraction of sp³-hybridized carbons (Fsp3) is 0.235. The van der Waals surface area contributed by atoms with Crippen molar-refractivity contribution >= 4 is 17.3 Å². The second-order valence-electron chi connectivity index (χ2n) is 4.99. The van der Waals surface area contributed by atoms with Crippen molar-refractivity contribution in [2.24, 2.45) is 0 Å². The monoisotopic (exact) mass is 266 g/mol. The molecule has 3 heteroatoms. The summed E-state index contributed by atoms with van der Waals surface area (Å²) in [5, 5.41) is 3.29. The van der Waals surface area contributed by atoms with Gasteiger partial charge in [0.1, 0.15) is 0 Å². The molecule has 1 aliphatic heterocycles. The van der Waals surface area contributed by atoms with Crippen LogP contribution in [0.15, 0.2) is 60.7 Å². The molecule has 1 unspecified atom stereocenters. The first-order valence-corrected chi connectivity index (χ1v) is 7.04. The summed E-state index contributed by atoms with van der Waals surface area (Å²) in [6, 6.07) is 19.6. The number of benzene rings is 2. The maximum atomic E-state index is 12.8. The molecule has 0 aromatic heterocycles. The standard InChI is InChI=1S/C17H18N2O/c20-17(16-12-7-13-18-16)19(14-8-3-1-4-9-14)15-10-5-2-6-11-15/h1-6,8-11,16,18H,7,12-13H2. The van der Waals surface area contributed by atoms with Crippen LogP contribution in [0.1, 0.15) is 12.8 Å². The third-order valence-electron chi connectivity index (χ3n) is 3.61. The Hall–Kier alpha value is -2.13. The number of hydrogen-bond acceptors (Lipinski definition) is 2. The van der Waals surface area contributed by atoms with Crippen molar-refractivity contribution in [3.05, 3.63) is 60.7 Å². The summed E-state index contributed by atoms with van der Waals surface area (Å²) in [5.41, 5.74) is 1.83. The van der Waals surface area contributed by atoms with Gasteiger partial charge in [-0.25, -0.2) is 0 Å². The molecule has 1 atom stereocenters. The Balaban J connectivity index is 1.97. The van der Waals surface area contributed by atoms with Crippen LogP contribution in [-0.4, -0.2) is 18.5 Å². The van der Waals surface area contributed by atoms with Crippen LogP contribution in [0.2, 0.25) is 0 Å². The van der Waals surface area contributed by atoms with Gasteiger partial charge in [0.2, 0.25) is 5.91 Å². The van der Waals surface area contributed by atoms with Gasteiger partial charge in [0.25, 0.3) is 0 Å². The van der Waals surface area contributed by atoms with E-state index in [9.17, 15) is 4.79 Å². The molecule has 1 amide bonds. The SMILES string of the molecule is O=C(C1CCCN1)N(c1ccccc1)c1ccccc1. The second kappa shape index (κ2) is 5.88. The zero-order valence-electron chi connectivity index (χ0n) is 11.3. The highest BCUT2D eigenvalue weighted by atomic mass is 16.2. The number of rotatable bonds is 3. The van der Waals surface area contributed by atoms with Gasteiger partial charge in [-0.2, -0.15) is 0 Å². The first-order valence-electron chi connectivity index (χ1n) is 7.04.